The standard InChI is InChI=1S/C20H25F2N3O4S/c21-16-4-5-18(17(22)12-16)30(26,27)25-9-1-2-14(13-25)3-6-19-23-20(29-24-19)15-7-10-28-11-8-15/h4-5,12,14-15H,1-3,6-11,13H2. The molecule has 2 fully saturated rings. The smallest absolute Gasteiger partial charge is 0.245 e. The predicted molar refractivity (Wildman–Crippen MR) is 103 cm³/mol. The number of aromatic nitrogens is 2. The van der Waals surface area contributed by atoms with Crippen molar-refractivity contribution in [3.05, 3.63) is 41.5 Å². The molecule has 3 heterocycles. The summed E-state index contributed by atoms with van der Waals surface area (Å²) < 4.78 is 64.9. The third kappa shape index (κ3) is 4.70. The van der Waals surface area contributed by atoms with Crippen LogP contribution < -0.4 is 0 Å². The molecule has 2 aliphatic rings. The minimum atomic E-state index is -4.01. The van der Waals surface area contributed by atoms with Crippen molar-refractivity contribution in [3.8, 4) is 0 Å². The SMILES string of the molecule is O=S(=O)(c1ccc(F)cc1F)N1CCCC(CCc2noc(C3CCOCC3)n2)C1. The Balaban J connectivity index is 1.37. The van der Waals surface area contributed by atoms with Crippen LogP contribution >= 0.6 is 0 Å². The Morgan fingerprint density at radius 3 is 2.73 bits per heavy atom. The lowest BCUT2D eigenvalue weighted by Crippen LogP contribution is -2.40. The van der Waals surface area contributed by atoms with E-state index in [1.54, 1.807) is 0 Å². The number of piperidine rings is 1. The molecular formula is C20H25F2N3O4S. The van der Waals surface area contributed by atoms with E-state index < -0.39 is 26.6 Å². The highest BCUT2D eigenvalue weighted by molar-refractivity contribution is 7.89. The number of nitrogens with zero attached hydrogens (tertiary/aromatic N) is 3. The van der Waals surface area contributed by atoms with Gasteiger partial charge in [0.25, 0.3) is 0 Å². The Morgan fingerprint density at radius 1 is 1.17 bits per heavy atom. The van der Waals surface area contributed by atoms with Gasteiger partial charge in [-0.15, -0.1) is 0 Å². The molecule has 1 atom stereocenters. The summed E-state index contributed by atoms with van der Waals surface area (Å²) in [4.78, 5) is 4.02. The molecule has 0 aliphatic carbocycles. The van der Waals surface area contributed by atoms with Gasteiger partial charge in [-0.2, -0.15) is 9.29 Å². The summed E-state index contributed by atoms with van der Waals surface area (Å²) in [7, 11) is -4.01. The first-order valence-electron chi connectivity index (χ1n) is 10.3. The van der Waals surface area contributed by atoms with E-state index in [4.69, 9.17) is 9.26 Å². The molecule has 0 amide bonds. The van der Waals surface area contributed by atoms with Crippen LogP contribution in [0.3, 0.4) is 0 Å². The molecule has 2 aliphatic heterocycles. The first-order chi connectivity index (χ1) is 14.4. The van der Waals surface area contributed by atoms with E-state index in [2.05, 4.69) is 10.1 Å². The maximum absolute atomic E-state index is 14.0. The second-order valence-corrected chi connectivity index (χ2v) is 9.83. The molecule has 7 nitrogen and oxygen atoms in total. The lowest BCUT2D eigenvalue weighted by atomic mass is 9.94. The van der Waals surface area contributed by atoms with Gasteiger partial charge in [-0.3, -0.25) is 0 Å². The van der Waals surface area contributed by atoms with Crippen molar-refractivity contribution < 1.29 is 26.5 Å². The molecule has 30 heavy (non-hydrogen) atoms. The normalized spacial score (nSPS) is 21.7. The number of halogens is 2. The number of hydrogen-bond acceptors (Lipinski definition) is 6. The van der Waals surface area contributed by atoms with Crippen LogP contribution in [0, 0.1) is 17.6 Å². The van der Waals surface area contributed by atoms with E-state index in [1.165, 1.54) is 4.31 Å². The van der Waals surface area contributed by atoms with Gasteiger partial charge in [0.15, 0.2) is 5.82 Å². The second kappa shape index (κ2) is 9.07. The molecule has 0 spiro atoms. The predicted octanol–water partition coefficient (Wildman–Crippen LogP) is 3.28. The lowest BCUT2D eigenvalue weighted by Gasteiger charge is -2.31. The van der Waals surface area contributed by atoms with Crippen LogP contribution in [0.15, 0.2) is 27.6 Å². The van der Waals surface area contributed by atoms with Crippen molar-refractivity contribution in [2.45, 2.75) is 49.3 Å². The van der Waals surface area contributed by atoms with Crippen molar-refractivity contribution in [1.82, 2.24) is 14.4 Å². The first-order valence-corrected chi connectivity index (χ1v) is 11.7. The largest absolute Gasteiger partial charge is 0.381 e. The van der Waals surface area contributed by atoms with Gasteiger partial charge in [-0.25, -0.2) is 17.2 Å². The monoisotopic (exact) mass is 441 g/mol. The Hall–Kier alpha value is -1.91. The number of benzene rings is 1. The van der Waals surface area contributed by atoms with Crippen molar-refractivity contribution in [2.24, 2.45) is 5.92 Å². The third-order valence-electron chi connectivity index (χ3n) is 5.82. The Morgan fingerprint density at radius 2 is 1.97 bits per heavy atom. The van der Waals surface area contributed by atoms with E-state index in [-0.39, 0.29) is 11.8 Å². The van der Waals surface area contributed by atoms with Gasteiger partial charge in [-0.1, -0.05) is 5.16 Å². The fraction of sp³-hybridized carbons (Fsp3) is 0.600. The molecular weight excluding hydrogens is 416 g/mol. The van der Waals surface area contributed by atoms with Crippen LogP contribution in [0.1, 0.15) is 49.7 Å². The minimum Gasteiger partial charge on any atom is -0.381 e. The Labute approximate surface area is 174 Å². The van der Waals surface area contributed by atoms with Gasteiger partial charge in [-0.05, 0) is 50.2 Å². The summed E-state index contributed by atoms with van der Waals surface area (Å²) in [5.41, 5.74) is 0. The van der Waals surface area contributed by atoms with E-state index in [9.17, 15) is 17.2 Å². The summed E-state index contributed by atoms with van der Waals surface area (Å²) in [6, 6.07) is 2.55. The number of aryl methyl sites for hydroxylation is 1. The van der Waals surface area contributed by atoms with E-state index in [1.807, 2.05) is 0 Å². The van der Waals surface area contributed by atoms with Crippen LogP contribution in [0.5, 0.6) is 0 Å². The van der Waals surface area contributed by atoms with Gasteiger partial charge in [0.05, 0.1) is 0 Å². The molecule has 0 saturated carbocycles. The maximum atomic E-state index is 14.0. The van der Waals surface area contributed by atoms with E-state index >= 15 is 0 Å². The van der Waals surface area contributed by atoms with Crippen LogP contribution in [0.4, 0.5) is 8.78 Å². The fourth-order valence-electron chi connectivity index (χ4n) is 4.12. The summed E-state index contributed by atoms with van der Waals surface area (Å²) in [6.07, 6.45) is 4.61. The number of ether oxygens (including phenoxy) is 1. The zero-order valence-corrected chi connectivity index (χ0v) is 17.4. The second-order valence-electron chi connectivity index (χ2n) is 7.92. The molecule has 0 bridgehead atoms. The highest BCUT2D eigenvalue weighted by Crippen LogP contribution is 2.29. The van der Waals surface area contributed by atoms with Gasteiger partial charge in [0.2, 0.25) is 15.9 Å². The van der Waals surface area contributed by atoms with Crippen LogP contribution in [0.25, 0.3) is 0 Å². The molecule has 1 aromatic carbocycles. The number of rotatable bonds is 6. The minimum absolute atomic E-state index is 0.113. The molecule has 10 heteroatoms. The van der Waals surface area contributed by atoms with Crippen molar-refractivity contribution in [3.63, 3.8) is 0 Å². The first kappa shape index (κ1) is 21.3. The van der Waals surface area contributed by atoms with Gasteiger partial charge >= 0.3 is 0 Å². The van der Waals surface area contributed by atoms with Crippen molar-refractivity contribution in [1.29, 1.82) is 0 Å². The van der Waals surface area contributed by atoms with Gasteiger partial charge in [0, 0.05) is 44.7 Å². The zero-order chi connectivity index (χ0) is 21.1. The average Bonchev–Trinajstić information content (AvgIpc) is 3.22. The molecule has 0 N–H and O–H groups in total. The van der Waals surface area contributed by atoms with Crippen LogP contribution in [0.2, 0.25) is 0 Å². The summed E-state index contributed by atoms with van der Waals surface area (Å²) >= 11 is 0. The summed E-state index contributed by atoms with van der Waals surface area (Å²) in [5.74, 6) is -0.246. The molecule has 2 saturated heterocycles. The number of sulfonamides is 1. The average molecular weight is 442 g/mol. The summed E-state index contributed by atoms with van der Waals surface area (Å²) in [5, 5.41) is 4.07. The van der Waals surface area contributed by atoms with Crippen LogP contribution in [-0.4, -0.2) is 49.2 Å². The van der Waals surface area contributed by atoms with E-state index in [0.717, 1.165) is 31.4 Å². The Bertz CT molecular complexity index is 976. The lowest BCUT2D eigenvalue weighted by molar-refractivity contribution is 0.0778. The fourth-order valence-corrected chi connectivity index (χ4v) is 5.72. The molecule has 164 valence electrons. The van der Waals surface area contributed by atoms with Gasteiger partial charge in [0.1, 0.15) is 16.5 Å². The number of hydrogen-bond donors (Lipinski definition) is 0. The van der Waals surface area contributed by atoms with Gasteiger partial charge < -0.3 is 9.26 Å². The third-order valence-corrected chi connectivity index (χ3v) is 7.72. The summed E-state index contributed by atoms with van der Waals surface area (Å²) in [6.45, 7) is 2.02. The topological polar surface area (TPSA) is 85.5 Å². The molecule has 0 radical (unpaired) electrons. The Kier molecular flexibility index (Phi) is 6.45. The van der Waals surface area contributed by atoms with E-state index in [0.29, 0.717) is 63.3 Å². The molecule has 1 aromatic heterocycles. The quantitative estimate of drug-likeness (QED) is 0.684. The zero-order valence-electron chi connectivity index (χ0n) is 16.6. The molecule has 4 rings (SSSR count). The van der Waals surface area contributed by atoms with Crippen molar-refractivity contribution in [2.75, 3.05) is 26.3 Å². The molecule has 1 unspecified atom stereocenters. The van der Waals surface area contributed by atoms with Crippen molar-refractivity contribution >= 4 is 10.0 Å². The van der Waals surface area contributed by atoms with Crippen LogP contribution in [-0.2, 0) is 21.2 Å². The highest BCUT2D eigenvalue weighted by atomic mass is 32.2. The maximum Gasteiger partial charge on any atom is 0.245 e. The molecule has 2 aromatic rings. The highest BCUT2D eigenvalue weighted by Gasteiger charge is 2.32.